The van der Waals surface area contributed by atoms with Crippen molar-refractivity contribution in [3.63, 3.8) is 0 Å². The summed E-state index contributed by atoms with van der Waals surface area (Å²) in [5.74, 6) is -0.344. The molecular weight excluding hydrogens is 291 g/mol. The average Bonchev–Trinajstić information content (AvgIpc) is 2.33. The van der Waals surface area contributed by atoms with E-state index in [1.807, 2.05) is 0 Å². The molecule has 2 N–H and O–H groups in total. The molecule has 4 nitrogen and oxygen atoms in total. The third-order valence-corrected chi connectivity index (χ3v) is 4.80. The van der Waals surface area contributed by atoms with Crippen LogP contribution in [0.15, 0.2) is 18.2 Å². The molecule has 2 rings (SSSR count). The molecule has 1 heterocycles. The molecule has 1 unspecified atom stereocenters. The Morgan fingerprint density at radius 2 is 2.26 bits per heavy atom. The molecule has 106 valence electrons. The van der Waals surface area contributed by atoms with Crippen molar-refractivity contribution in [2.75, 3.05) is 23.6 Å². The van der Waals surface area contributed by atoms with Crippen molar-refractivity contribution in [3.05, 3.63) is 29.0 Å². The van der Waals surface area contributed by atoms with Crippen molar-refractivity contribution < 1.29 is 12.8 Å². The molecule has 1 aliphatic rings. The van der Waals surface area contributed by atoms with Crippen LogP contribution in [0.3, 0.4) is 0 Å². The lowest BCUT2D eigenvalue weighted by atomic mass is 10.0. The van der Waals surface area contributed by atoms with Gasteiger partial charge in [-0.15, -0.1) is 0 Å². The number of nitrogens with one attached hydrogen (secondary N) is 2. The Labute approximate surface area is 117 Å². The van der Waals surface area contributed by atoms with Gasteiger partial charge in [-0.3, -0.25) is 4.72 Å². The lowest BCUT2D eigenvalue weighted by Gasteiger charge is -2.22. The molecular formula is C12H16ClFN2O2S. The maximum atomic E-state index is 12.9. The van der Waals surface area contributed by atoms with E-state index in [2.05, 4.69) is 10.0 Å². The fourth-order valence-corrected chi connectivity index (χ4v) is 3.93. The molecule has 0 aliphatic carbocycles. The van der Waals surface area contributed by atoms with Crippen LogP contribution in [0.2, 0.25) is 5.02 Å². The summed E-state index contributed by atoms with van der Waals surface area (Å²) in [6, 6.07) is 3.59. The fourth-order valence-electron chi connectivity index (χ4n) is 2.16. The van der Waals surface area contributed by atoms with Gasteiger partial charge >= 0.3 is 0 Å². The first kappa shape index (κ1) is 14.6. The second kappa shape index (κ2) is 6.07. The van der Waals surface area contributed by atoms with Gasteiger partial charge in [0, 0.05) is 0 Å². The minimum Gasteiger partial charge on any atom is -0.316 e. The molecule has 1 saturated heterocycles. The van der Waals surface area contributed by atoms with Crippen molar-refractivity contribution in [3.8, 4) is 0 Å². The van der Waals surface area contributed by atoms with Gasteiger partial charge in [-0.2, -0.15) is 0 Å². The summed E-state index contributed by atoms with van der Waals surface area (Å²) in [5.41, 5.74) is 0.215. The Balaban J connectivity index is 2.03. The van der Waals surface area contributed by atoms with Gasteiger partial charge in [0.15, 0.2) is 0 Å². The first-order valence-electron chi connectivity index (χ1n) is 6.12. The first-order chi connectivity index (χ1) is 8.96. The highest BCUT2D eigenvalue weighted by molar-refractivity contribution is 7.92. The molecule has 0 aromatic heterocycles. The van der Waals surface area contributed by atoms with E-state index in [-0.39, 0.29) is 22.4 Å². The van der Waals surface area contributed by atoms with Crippen molar-refractivity contribution in [2.45, 2.75) is 12.8 Å². The Bertz CT molecular complexity index is 545. The maximum absolute atomic E-state index is 12.9. The number of hydrogen-bond donors (Lipinski definition) is 2. The summed E-state index contributed by atoms with van der Waals surface area (Å²) < 4.78 is 39.3. The van der Waals surface area contributed by atoms with E-state index in [9.17, 15) is 12.8 Å². The van der Waals surface area contributed by atoms with E-state index in [1.165, 1.54) is 12.1 Å². The van der Waals surface area contributed by atoms with Crippen molar-refractivity contribution in [2.24, 2.45) is 5.92 Å². The van der Waals surface area contributed by atoms with E-state index in [0.717, 1.165) is 25.5 Å². The van der Waals surface area contributed by atoms with E-state index >= 15 is 0 Å². The quantitative estimate of drug-likeness (QED) is 0.897. The second-order valence-electron chi connectivity index (χ2n) is 4.72. The number of anilines is 1. The van der Waals surface area contributed by atoms with Crippen LogP contribution in [0, 0.1) is 11.7 Å². The van der Waals surface area contributed by atoms with Crippen LogP contribution < -0.4 is 10.0 Å². The third kappa shape index (κ3) is 4.33. The molecule has 7 heteroatoms. The second-order valence-corrected chi connectivity index (χ2v) is 6.89. The summed E-state index contributed by atoms with van der Waals surface area (Å²) in [5, 5.41) is 3.23. The number of benzene rings is 1. The van der Waals surface area contributed by atoms with E-state index < -0.39 is 15.8 Å². The number of rotatable bonds is 4. The predicted octanol–water partition coefficient (Wildman–Crippen LogP) is 2.22. The molecule has 0 radical (unpaired) electrons. The Hall–Kier alpha value is -0.850. The highest BCUT2D eigenvalue weighted by Gasteiger charge is 2.21. The lowest BCUT2D eigenvalue weighted by molar-refractivity contribution is 0.404. The van der Waals surface area contributed by atoms with Crippen LogP contribution in [0.25, 0.3) is 0 Å². The largest absolute Gasteiger partial charge is 0.316 e. The highest BCUT2D eigenvalue weighted by atomic mass is 35.5. The van der Waals surface area contributed by atoms with Gasteiger partial charge in [-0.05, 0) is 50.0 Å². The molecule has 1 aromatic carbocycles. The zero-order chi connectivity index (χ0) is 13.9. The summed E-state index contributed by atoms with van der Waals surface area (Å²) in [6.45, 7) is 1.64. The molecule has 0 bridgehead atoms. The zero-order valence-electron chi connectivity index (χ0n) is 10.3. The summed E-state index contributed by atoms with van der Waals surface area (Å²) in [6.07, 6.45) is 1.88. The van der Waals surface area contributed by atoms with Gasteiger partial charge in [0.05, 0.1) is 16.5 Å². The Morgan fingerprint density at radius 1 is 1.47 bits per heavy atom. The zero-order valence-corrected chi connectivity index (χ0v) is 11.9. The van der Waals surface area contributed by atoms with Crippen molar-refractivity contribution in [1.82, 2.24) is 5.32 Å². The van der Waals surface area contributed by atoms with Gasteiger partial charge in [0.2, 0.25) is 10.0 Å². The average molecular weight is 307 g/mol. The summed E-state index contributed by atoms with van der Waals surface area (Å²) in [4.78, 5) is 0. The van der Waals surface area contributed by atoms with Gasteiger partial charge in [0.25, 0.3) is 0 Å². The van der Waals surface area contributed by atoms with Crippen LogP contribution >= 0.6 is 11.6 Å². The third-order valence-electron chi connectivity index (χ3n) is 3.05. The number of halogens is 2. The van der Waals surface area contributed by atoms with Gasteiger partial charge < -0.3 is 5.32 Å². The van der Waals surface area contributed by atoms with E-state index in [1.54, 1.807) is 0 Å². The molecule has 0 spiro atoms. The highest BCUT2D eigenvalue weighted by Crippen LogP contribution is 2.24. The summed E-state index contributed by atoms with van der Waals surface area (Å²) >= 11 is 5.80. The number of hydrogen-bond acceptors (Lipinski definition) is 3. The minimum absolute atomic E-state index is 0.0493. The SMILES string of the molecule is O=S(=O)(CC1CCCNC1)Nc1ccc(F)cc1Cl. The van der Waals surface area contributed by atoms with Crippen LogP contribution in [-0.2, 0) is 10.0 Å². The molecule has 19 heavy (non-hydrogen) atoms. The molecule has 0 amide bonds. The molecule has 1 aliphatic heterocycles. The number of sulfonamides is 1. The topological polar surface area (TPSA) is 58.2 Å². The molecule has 0 saturated carbocycles. The first-order valence-corrected chi connectivity index (χ1v) is 8.15. The van der Waals surface area contributed by atoms with Crippen molar-refractivity contribution in [1.29, 1.82) is 0 Å². The van der Waals surface area contributed by atoms with Gasteiger partial charge in [-0.1, -0.05) is 11.6 Å². The Morgan fingerprint density at radius 3 is 2.89 bits per heavy atom. The van der Waals surface area contributed by atoms with E-state index in [4.69, 9.17) is 11.6 Å². The van der Waals surface area contributed by atoms with E-state index in [0.29, 0.717) is 6.54 Å². The molecule has 1 aromatic rings. The smallest absolute Gasteiger partial charge is 0.233 e. The maximum Gasteiger partial charge on any atom is 0.233 e. The Kier molecular flexibility index (Phi) is 4.65. The normalized spacial score (nSPS) is 20.2. The lowest BCUT2D eigenvalue weighted by Crippen LogP contribution is -2.35. The van der Waals surface area contributed by atoms with Crippen LogP contribution in [0.4, 0.5) is 10.1 Å². The standard InChI is InChI=1S/C12H16ClFN2O2S/c13-11-6-10(14)3-4-12(11)16-19(17,18)8-9-2-1-5-15-7-9/h3-4,6,9,15-16H,1-2,5,7-8H2. The van der Waals surface area contributed by atoms with Gasteiger partial charge in [0.1, 0.15) is 5.82 Å². The van der Waals surface area contributed by atoms with Crippen LogP contribution in [0.1, 0.15) is 12.8 Å². The fraction of sp³-hybridized carbons (Fsp3) is 0.500. The van der Waals surface area contributed by atoms with Gasteiger partial charge in [-0.25, -0.2) is 12.8 Å². The van der Waals surface area contributed by atoms with Crippen molar-refractivity contribution >= 4 is 27.3 Å². The monoisotopic (exact) mass is 306 g/mol. The molecule has 1 fully saturated rings. The van der Waals surface area contributed by atoms with Crippen LogP contribution in [-0.4, -0.2) is 27.3 Å². The minimum atomic E-state index is -3.47. The number of piperidine rings is 1. The summed E-state index contributed by atoms with van der Waals surface area (Å²) in [7, 11) is -3.47. The van der Waals surface area contributed by atoms with Crippen LogP contribution in [0.5, 0.6) is 0 Å². The molecule has 1 atom stereocenters. The predicted molar refractivity (Wildman–Crippen MR) is 74.4 cm³/mol.